The quantitative estimate of drug-likeness (QED) is 0.613. The van der Waals surface area contributed by atoms with Crippen molar-refractivity contribution in [2.75, 3.05) is 0 Å². The fourth-order valence-corrected chi connectivity index (χ4v) is 2.31. The largest absolute Gasteiger partial charge is 0.271 e. The molecular formula is C20H24N2O. The van der Waals surface area contributed by atoms with E-state index in [0.717, 1.165) is 36.1 Å². The van der Waals surface area contributed by atoms with Crippen LogP contribution >= 0.6 is 0 Å². The number of hydrazone groups is 1. The van der Waals surface area contributed by atoms with Crippen molar-refractivity contribution in [1.29, 1.82) is 0 Å². The highest BCUT2D eigenvalue weighted by atomic mass is 16.2. The van der Waals surface area contributed by atoms with Gasteiger partial charge in [-0.25, -0.2) is 5.43 Å². The van der Waals surface area contributed by atoms with Crippen LogP contribution in [0.1, 0.15) is 53.2 Å². The van der Waals surface area contributed by atoms with Crippen molar-refractivity contribution in [2.45, 2.75) is 40.0 Å². The number of amides is 1. The van der Waals surface area contributed by atoms with Gasteiger partial charge in [0, 0.05) is 5.56 Å². The number of carbonyl (C=O) groups is 1. The summed E-state index contributed by atoms with van der Waals surface area (Å²) in [4.78, 5) is 12.3. The van der Waals surface area contributed by atoms with Crippen molar-refractivity contribution in [3.8, 4) is 0 Å². The molecule has 3 nitrogen and oxygen atoms in total. The third-order valence-electron chi connectivity index (χ3n) is 3.94. The molecule has 0 radical (unpaired) electrons. The molecule has 0 spiro atoms. The Morgan fingerprint density at radius 3 is 2.39 bits per heavy atom. The molecule has 1 N–H and O–H groups in total. The molecule has 1 amide bonds. The van der Waals surface area contributed by atoms with Gasteiger partial charge in [0.1, 0.15) is 0 Å². The smallest absolute Gasteiger partial charge is 0.267 e. The van der Waals surface area contributed by atoms with Crippen molar-refractivity contribution in [3.05, 3.63) is 70.8 Å². The fraction of sp³-hybridized carbons (Fsp3) is 0.300. The van der Waals surface area contributed by atoms with Crippen LogP contribution in [-0.2, 0) is 0 Å². The molecule has 0 heterocycles. The number of rotatable bonds is 6. The molecule has 0 fully saturated rings. The molecule has 120 valence electrons. The van der Waals surface area contributed by atoms with Gasteiger partial charge in [-0.05, 0) is 55.5 Å². The zero-order chi connectivity index (χ0) is 16.7. The van der Waals surface area contributed by atoms with Crippen molar-refractivity contribution in [1.82, 2.24) is 5.43 Å². The number of unbranched alkanes of at least 4 members (excludes halogenated alkanes) is 1. The molecular weight excluding hydrogens is 284 g/mol. The monoisotopic (exact) mass is 308 g/mol. The molecule has 0 aliphatic heterocycles. The van der Waals surface area contributed by atoms with Crippen LogP contribution in [0.3, 0.4) is 0 Å². The van der Waals surface area contributed by atoms with E-state index in [1.165, 1.54) is 5.56 Å². The van der Waals surface area contributed by atoms with Gasteiger partial charge in [0.25, 0.3) is 5.91 Å². The van der Waals surface area contributed by atoms with Crippen molar-refractivity contribution >= 4 is 11.6 Å². The van der Waals surface area contributed by atoms with E-state index < -0.39 is 0 Å². The second kappa shape index (κ2) is 8.28. The normalized spacial score (nSPS) is 11.3. The SMILES string of the molecule is CCCCC(=NNC(=O)c1ccc(C)c(C)c1)c1ccccc1. The molecule has 0 saturated carbocycles. The lowest BCUT2D eigenvalue weighted by Gasteiger charge is -2.08. The second-order valence-corrected chi connectivity index (χ2v) is 5.77. The molecule has 0 aliphatic carbocycles. The average molecular weight is 308 g/mol. The Labute approximate surface area is 138 Å². The predicted molar refractivity (Wildman–Crippen MR) is 95.9 cm³/mol. The van der Waals surface area contributed by atoms with E-state index in [4.69, 9.17) is 0 Å². The number of aryl methyl sites for hydroxylation is 2. The summed E-state index contributed by atoms with van der Waals surface area (Å²) >= 11 is 0. The Hall–Kier alpha value is -2.42. The zero-order valence-electron chi connectivity index (χ0n) is 14.1. The van der Waals surface area contributed by atoms with Crippen LogP contribution < -0.4 is 5.43 Å². The molecule has 0 atom stereocenters. The van der Waals surface area contributed by atoms with Crippen LogP contribution in [0.2, 0.25) is 0 Å². The van der Waals surface area contributed by atoms with Crippen molar-refractivity contribution in [2.24, 2.45) is 5.10 Å². The van der Waals surface area contributed by atoms with E-state index in [0.29, 0.717) is 5.56 Å². The molecule has 2 aromatic carbocycles. The van der Waals surface area contributed by atoms with Gasteiger partial charge in [-0.1, -0.05) is 49.7 Å². The summed E-state index contributed by atoms with van der Waals surface area (Å²) in [6.45, 7) is 6.19. The number of nitrogens with zero attached hydrogens (tertiary/aromatic N) is 1. The molecule has 0 saturated heterocycles. The minimum absolute atomic E-state index is 0.168. The number of benzene rings is 2. The highest BCUT2D eigenvalue weighted by molar-refractivity contribution is 6.02. The van der Waals surface area contributed by atoms with E-state index in [1.807, 2.05) is 62.4 Å². The minimum Gasteiger partial charge on any atom is -0.267 e. The summed E-state index contributed by atoms with van der Waals surface area (Å²) < 4.78 is 0. The predicted octanol–water partition coefficient (Wildman–Crippen LogP) is 4.63. The van der Waals surface area contributed by atoms with Gasteiger partial charge < -0.3 is 0 Å². The summed E-state index contributed by atoms with van der Waals surface area (Å²) in [7, 11) is 0. The summed E-state index contributed by atoms with van der Waals surface area (Å²) in [5.74, 6) is -0.168. The van der Waals surface area contributed by atoms with Crippen LogP contribution in [0.4, 0.5) is 0 Å². The van der Waals surface area contributed by atoms with Gasteiger partial charge in [-0.3, -0.25) is 4.79 Å². The third-order valence-corrected chi connectivity index (χ3v) is 3.94. The fourth-order valence-electron chi connectivity index (χ4n) is 2.31. The molecule has 3 heteroatoms. The maximum atomic E-state index is 12.3. The van der Waals surface area contributed by atoms with Crippen molar-refractivity contribution < 1.29 is 4.79 Å². The van der Waals surface area contributed by atoms with Crippen LogP contribution in [0.5, 0.6) is 0 Å². The van der Waals surface area contributed by atoms with E-state index in [1.54, 1.807) is 0 Å². The number of nitrogens with one attached hydrogen (secondary N) is 1. The van der Waals surface area contributed by atoms with E-state index in [9.17, 15) is 4.79 Å². The standard InChI is InChI=1S/C20H24N2O/c1-4-5-11-19(17-9-7-6-8-10-17)21-22-20(23)18-13-12-15(2)16(3)14-18/h6-10,12-14H,4-5,11H2,1-3H3,(H,22,23). The third kappa shape index (κ3) is 4.78. The van der Waals surface area contributed by atoms with Crippen LogP contribution in [0, 0.1) is 13.8 Å². The van der Waals surface area contributed by atoms with Crippen molar-refractivity contribution in [3.63, 3.8) is 0 Å². The molecule has 23 heavy (non-hydrogen) atoms. The summed E-state index contributed by atoms with van der Waals surface area (Å²) in [6.07, 6.45) is 3.00. The van der Waals surface area contributed by atoms with Crippen LogP contribution in [-0.4, -0.2) is 11.6 Å². The molecule has 2 rings (SSSR count). The first-order valence-electron chi connectivity index (χ1n) is 8.11. The molecule has 0 unspecified atom stereocenters. The first-order chi connectivity index (χ1) is 11.1. The molecule has 0 aliphatic rings. The molecule has 0 bridgehead atoms. The van der Waals surface area contributed by atoms with Gasteiger partial charge in [0.2, 0.25) is 0 Å². The van der Waals surface area contributed by atoms with Gasteiger partial charge >= 0.3 is 0 Å². The Bertz CT molecular complexity index is 690. The maximum absolute atomic E-state index is 12.3. The zero-order valence-corrected chi connectivity index (χ0v) is 14.1. The van der Waals surface area contributed by atoms with E-state index >= 15 is 0 Å². The number of carbonyl (C=O) groups excluding carboxylic acids is 1. The second-order valence-electron chi connectivity index (χ2n) is 5.77. The summed E-state index contributed by atoms with van der Waals surface area (Å²) in [5, 5.41) is 4.38. The Balaban J connectivity index is 2.15. The number of hydrogen-bond donors (Lipinski definition) is 1. The minimum atomic E-state index is -0.168. The lowest BCUT2D eigenvalue weighted by molar-refractivity contribution is 0.0954. The topological polar surface area (TPSA) is 41.5 Å². The first kappa shape index (κ1) is 16.9. The van der Waals surface area contributed by atoms with Crippen LogP contribution in [0.15, 0.2) is 53.6 Å². The van der Waals surface area contributed by atoms with Gasteiger partial charge in [-0.15, -0.1) is 0 Å². The van der Waals surface area contributed by atoms with Crippen LogP contribution in [0.25, 0.3) is 0 Å². The Kier molecular flexibility index (Phi) is 6.10. The summed E-state index contributed by atoms with van der Waals surface area (Å²) in [5.41, 5.74) is 7.60. The van der Waals surface area contributed by atoms with Gasteiger partial charge in [0.05, 0.1) is 5.71 Å². The van der Waals surface area contributed by atoms with Gasteiger partial charge in [0.15, 0.2) is 0 Å². The highest BCUT2D eigenvalue weighted by Crippen LogP contribution is 2.11. The van der Waals surface area contributed by atoms with E-state index in [2.05, 4.69) is 17.5 Å². The summed E-state index contributed by atoms with van der Waals surface area (Å²) in [6, 6.07) is 15.7. The highest BCUT2D eigenvalue weighted by Gasteiger charge is 2.08. The molecule has 2 aromatic rings. The van der Waals surface area contributed by atoms with E-state index in [-0.39, 0.29) is 5.91 Å². The Morgan fingerprint density at radius 1 is 1.00 bits per heavy atom. The maximum Gasteiger partial charge on any atom is 0.271 e. The lowest BCUT2D eigenvalue weighted by Crippen LogP contribution is -2.20. The van der Waals surface area contributed by atoms with Gasteiger partial charge in [-0.2, -0.15) is 5.10 Å². The Morgan fingerprint density at radius 2 is 1.74 bits per heavy atom. The number of hydrogen-bond acceptors (Lipinski definition) is 2. The molecule has 0 aromatic heterocycles. The first-order valence-corrected chi connectivity index (χ1v) is 8.11. The lowest BCUT2D eigenvalue weighted by atomic mass is 10.1. The average Bonchev–Trinajstić information content (AvgIpc) is 2.58.